The van der Waals surface area contributed by atoms with Gasteiger partial charge >= 0.3 is 0 Å². The van der Waals surface area contributed by atoms with E-state index in [1.165, 1.54) is 6.07 Å². The molecule has 0 saturated heterocycles. The van der Waals surface area contributed by atoms with Crippen LogP contribution in [0.25, 0.3) is 11.3 Å². The van der Waals surface area contributed by atoms with E-state index < -0.39 is 0 Å². The van der Waals surface area contributed by atoms with E-state index in [1.54, 1.807) is 38.1 Å². The van der Waals surface area contributed by atoms with Crippen LogP contribution in [-0.4, -0.2) is 5.11 Å². The Morgan fingerprint density at radius 3 is 2.31 bits per heavy atom. The van der Waals surface area contributed by atoms with Gasteiger partial charge in [-0.2, -0.15) is 0 Å². The van der Waals surface area contributed by atoms with Crippen LogP contribution in [0.2, 0.25) is 0 Å². The van der Waals surface area contributed by atoms with Crippen molar-refractivity contribution < 1.29 is 9.52 Å². The Morgan fingerprint density at radius 1 is 1.12 bits per heavy atom. The number of benzene rings is 1. The standard InChI is InChI=1S/C13H12O3/c1-8-9(2)16-13(7-12(8)15)10-3-5-11(14)6-4-10/h3-7,14H,1-2H3. The molecule has 0 radical (unpaired) electrons. The fraction of sp³-hybridized carbons (Fsp3) is 0.154. The van der Waals surface area contributed by atoms with Crippen LogP contribution in [0, 0.1) is 13.8 Å². The second-order valence-electron chi connectivity index (χ2n) is 3.70. The summed E-state index contributed by atoms with van der Waals surface area (Å²) < 4.78 is 5.53. The van der Waals surface area contributed by atoms with Crippen LogP contribution >= 0.6 is 0 Å². The normalized spacial score (nSPS) is 10.4. The molecular formula is C13H12O3. The molecule has 1 aromatic carbocycles. The Labute approximate surface area is 93.0 Å². The zero-order chi connectivity index (χ0) is 11.7. The molecule has 2 rings (SSSR count). The summed E-state index contributed by atoms with van der Waals surface area (Å²) >= 11 is 0. The first-order valence-corrected chi connectivity index (χ1v) is 4.98. The molecule has 0 aliphatic heterocycles. The van der Waals surface area contributed by atoms with Gasteiger partial charge in [0.05, 0.1) is 0 Å². The Balaban J connectivity index is 2.57. The van der Waals surface area contributed by atoms with Crippen LogP contribution in [0.1, 0.15) is 11.3 Å². The van der Waals surface area contributed by atoms with Crippen LogP contribution in [0.15, 0.2) is 39.5 Å². The van der Waals surface area contributed by atoms with E-state index in [-0.39, 0.29) is 11.2 Å². The number of rotatable bonds is 1. The molecule has 0 bridgehead atoms. The van der Waals surface area contributed by atoms with E-state index in [0.717, 1.165) is 5.56 Å². The van der Waals surface area contributed by atoms with Crippen molar-refractivity contribution in [3.8, 4) is 17.1 Å². The van der Waals surface area contributed by atoms with Gasteiger partial charge in [-0.15, -0.1) is 0 Å². The highest BCUT2D eigenvalue weighted by molar-refractivity contribution is 5.58. The van der Waals surface area contributed by atoms with Crippen molar-refractivity contribution >= 4 is 0 Å². The fourth-order valence-electron chi connectivity index (χ4n) is 1.44. The molecule has 1 aromatic heterocycles. The summed E-state index contributed by atoms with van der Waals surface area (Å²) in [7, 11) is 0. The minimum Gasteiger partial charge on any atom is -0.508 e. The minimum atomic E-state index is -0.0353. The SMILES string of the molecule is Cc1oc(-c2ccc(O)cc2)cc(=O)c1C. The Kier molecular flexibility index (Phi) is 2.52. The lowest BCUT2D eigenvalue weighted by atomic mass is 10.1. The van der Waals surface area contributed by atoms with E-state index in [9.17, 15) is 4.79 Å². The molecule has 3 nitrogen and oxygen atoms in total. The summed E-state index contributed by atoms with van der Waals surface area (Å²) in [6, 6.07) is 8.01. The van der Waals surface area contributed by atoms with Gasteiger partial charge in [-0.1, -0.05) is 0 Å². The first-order chi connectivity index (χ1) is 7.58. The third-order valence-corrected chi connectivity index (χ3v) is 2.57. The highest BCUT2D eigenvalue weighted by Crippen LogP contribution is 2.22. The van der Waals surface area contributed by atoms with Crippen LogP contribution in [0.3, 0.4) is 0 Å². The molecule has 0 spiro atoms. The molecule has 0 aliphatic carbocycles. The highest BCUT2D eigenvalue weighted by Gasteiger charge is 2.06. The van der Waals surface area contributed by atoms with Gasteiger partial charge in [-0.3, -0.25) is 4.79 Å². The Bertz CT molecular complexity index is 565. The van der Waals surface area contributed by atoms with E-state index in [2.05, 4.69) is 0 Å². The fourth-order valence-corrected chi connectivity index (χ4v) is 1.44. The van der Waals surface area contributed by atoms with Crippen LogP contribution < -0.4 is 5.43 Å². The summed E-state index contributed by atoms with van der Waals surface area (Å²) in [4.78, 5) is 11.6. The quantitative estimate of drug-likeness (QED) is 0.797. The van der Waals surface area contributed by atoms with Crippen LogP contribution in [-0.2, 0) is 0 Å². The number of aromatic hydroxyl groups is 1. The number of hydrogen-bond donors (Lipinski definition) is 1. The molecule has 0 amide bonds. The van der Waals surface area contributed by atoms with Gasteiger partial charge in [0, 0.05) is 17.2 Å². The topological polar surface area (TPSA) is 50.4 Å². The van der Waals surface area contributed by atoms with Gasteiger partial charge in [0.25, 0.3) is 0 Å². The lowest BCUT2D eigenvalue weighted by Gasteiger charge is -2.04. The maximum absolute atomic E-state index is 11.6. The van der Waals surface area contributed by atoms with Gasteiger partial charge in [-0.25, -0.2) is 0 Å². The maximum Gasteiger partial charge on any atom is 0.188 e. The van der Waals surface area contributed by atoms with Gasteiger partial charge in [0.2, 0.25) is 0 Å². The summed E-state index contributed by atoms with van der Waals surface area (Å²) in [5, 5.41) is 9.16. The van der Waals surface area contributed by atoms with E-state index in [0.29, 0.717) is 17.1 Å². The summed E-state index contributed by atoms with van der Waals surface area (Å²) in [5.74, 6) is 1.33. The molecule has 1 heterocycles. The monoisotopic (exact) mass is 216 g/mol. The second kappa shape index (κ2) is 3.85. The molecule has 1 N–H and O–H groups in total. The Hall–Kier alpha value is -2.03. The molecule has 0 unspecified atom stereocenters. The van der Waals surface area contributed by atoms with Crippen LogP contribution in [0.5, 0.6) is 5.75 Å². The third kappa shape index (κ3) is 1.84. The van der Waals surface area contributed by atoms with Crippen molar-refractivity contribution in [3.05, 3.63) is 51.9 Å². The molecule has 2 aromatic rings. The number of phenolic OH excluding ortho intramolecular Hbond substituents is 1. The second-order valence-corrected chi connectivity index (χ2v) is 3.70. The average Bonchev–Trinajstić information content (AvgIpc) is 2.26. The lowest BCUT2D eigenvalue weighted by Crippen LogP contribution is -2.05. The van der Waals surface area contributed by atoms with Crippen molar-refractivity contribution in [2.75, 3.05) is 0 Å². The first kappa shape index (κ1) is 10.5. The Morgan fingerprint density at radius 2 is 1.75 bits per heavy atom. The zero-order valence-electron chi connectivity index (χ0n) is 9.15. The lowest BCUT2D eigenvalue weighted by molar-refractivity contribution is 0.475. The van der Waals surface area contributed by atoms with Crippen molar-refractivity contribution in [2.24, 2.45) is 0 Å². The molecule has 0 atom stereocenters. The number of aryl methyl sites for hydroxylation is 1. The average molecular weight is 216 g/mol. The van der Waals surface area contributed by atoms with Gasteiger partial charge < -0.3 is 9.52 Å². The molecule has 3 heteroatoms. The van der Waals surface area contributed by atoms with Gasteiger partial charge in [-0.05, 0) is 38.1 Å². The highest BCUT2D eigenvalue weighted by atomic mass is 16.3. The van der Waals surface area contributed by atoms with Crippen LogP contribution in [0.4, 0.5) is 0 Å². The van der Waals surface area contributed by atoms with Gasteiger partial charge in [0.1, 0.15) is 17.3 Å². The third-order valence-electron chi connectivity index (χ3n) is 2.57. The molecule has 0 aliphatic rings. The predicted octanol–water partition coefficient (Wildman–Crippen LogP) is 2.63. The smallest absolute Gasteiger partial charge is 0.188 e. The maximum atomic E-state index is 11.6. The number of hydrogen-bond acceptors (Lipinski definition) is 3. The zero-order valence-corrected chi connectivity index (χ0v) is 9.15. The summed E-state index contributed by atoms with van der Waals surface area (Å²) in [5.41, 5.74) is 1.37. The minimum absolute atomic E-state index is 0.0353. The molecule has 0 saturated carbocycles. The molecule has 0 fully saturated rings. The van der Waals surface area contributed by atoms with E-state index in [4.69, 9.17) is 9.52 Å². The summed E-state index contributed by atoms with van der Waals surface area (Å²) in [6.45, 7) is 3.50. The van der Waals surface area contributed by atoms with Crippen molar-refractivity contribution in [3.63, 3.8) is 0 Å². The van der Waals surface area contributed by atoms with Crippen molar-refractivity contribution in [1.29, 1.82) is 0 Å². The molecular weight excluding hydrogens is 204 g/mol. The van der Waals surface area contributed by atoms with Crippen molar-refractivity contribution in [2.45, 2.75) is 13.8 Å². The predicted molar refractivity (Wildman–Crippen MR) is 61.6 cm³/mol. The largest absolute Gasteiger partial charge is 0.508 e. The van der Waals surface area contributed by atoms with Crippen molar-refractivity contribution in [1.82, 2.24) is 0 Å². The number of phenols is 1. The molecule has 16 heavy (non-hydrogen) atoms. The summed E-state index contributed by atoms with van der Waals surface area (Å²) in [6.07, 6.45) is 0. The van der Waals surface area contributed by atoms with E-state index >= 15 is 0 Å². The van der Waals surface area contributed by atoms with Gasteiger partial charge in [0.15, 0.2) is 5.43 Å². The first-order valence-electron chi connectivity index (χ1n) is 4.98. The molecule has 82 valence electrons. The van der Waals surface area contributed by atoms with E-state index in [1.807, 2.05) is 0 Å².